The zero-order valence-electron chi connectivity index (χ0n) is 20.2. The largest absolute Gasteiger partial charge is 0.352 e. The first-order chi connectivity index (χ1) is 16.1. The molecule has 1 N–H and O–H groups in total. The standard InChI is InChI=1S/C26H35N3O4S/c1-20-13-15-24(16-14-20)29(34(3,32)33)19-25(30)28(18-17-22-9-5-4-6-10-22)21(2)26(31)27-23-11-7-8-12-23/h4-6,9-10,13-16,21,23H,7-8,11-12,17-19H2,1-3H3,(H,27,31)/t21-/m0/s1. The van der Waals surface area contributed by atoms with Gasteiger partial charge in [-0.25, -0.2) is 8.42 Å². The maximum atomic E-state index is 13.5. The molecule has 0 heterocycles. The highest BCUT2D eigenvalue weighted by atomic mass is 32.2. The van der Waals surface area contributed by atoms with Crippen LogP contribution in [0.3, 0.4) is 0 Å². The van der Waals surface area contributed by atoms with Crippen molar-refractivity contribution in [2.24, 2.45) is 0 Å². The van der Waals surface area contributed by atoms with Gasteiger partial charge in [-0.05, 0) is 50.8 Å². The van der Waals surface area contributed by atoms with E-state index in [2.05, 4.69) is 5.32 Å². The molecule has 1 fully saturated rings. The van der Waals surface area contributed by atoms with E-state index in [4.69, 9.17) is 0 Å². The van der Waals surface area contributed by atoms with Crippen molar-refractivity contribution in [2.75, 3.05) is 23.7 Å². The van der Waals surface area contributed by atoms with Crippen LogP contribution in [0.15, 0.2) is 54.6 Å². The van der Waals surface area contributed by atoms with Crippen molar-refractivity contribution in [3.63, 3.8) is 0 Å². The highest BCUT2D eigenvalue weighted by Gasteiger charge is 2.31. The summed E-state index contributed by atoms with van der Waals surface area (Å²) < 4.78 is 26.2. The summed E-state index contributed by atoms with van der Waals surface area (Å²) in [7, 11) is -3.71. The van der Waals surface area contributed by atoms with E-state index in [1.807, 2.05) is 49.4 Å². The van der Waals surface area contributed by atoms with E-state index in [1.54, 1.807) is 19.1 Å². The van der Waals surface area contributed by atoms with E-state index in [9.17, 15) is 18.0 Å². The minimum absolute atomic E-state index is 0.140. The number of rotatable bonds is 10. The quantitative estimate of drug-likeness (QED) is 0.560. The molecular formula is C26H35N3O4S. The lowest BCUT2D eigenvalue weighted by Gasteiger charge is -2.32. The molecule has 2 aromatic carbocycles. The third kappa shape index (κ3) is 7.06. The highest BCUT2D eigenvalue weighted by molar-refractivity contribution is 7.92. The summed E-state index contributed by atoms with van der Waals surface area (Å²) in [6.07, 6.45) is 5.74. The van der Waals surface area contributed by atoms with Crippen LogP contribution in [0.2, 0.25) is 0 Å². The summed E-state index contributed by atoms with van der Waals surface area (Å²) >= 11 is 0. The fraction of sp³-hybridized carbons (Fsp3) is 0.462. The summed E-state index contributed by atoms with van der Waals surface area (Å²) in [6, 6.07) is 16.2. The van der Waals surface area contributed by atoms with Gasteiger partial charge in [0.2, 0.25) is 21.8 Å². The van der Waals surface area contributed by atoms with E-state index >= 15 is 0 Å². The molecule has 0 spiro atoms. The fourth-order valence-electron chi connectivity index (χ4n) is 4.29. The molecule has 0 saturated heterocycles. The van der Waals surface area contributed by atoms with Crippen LogP contribution in [0.1, 0.15) is 43.7 Å². The number of benzene rings is 2. The number of carbonyl (C=O) groups is 2. The van der Waals surface area contributed by atoms with Gasteiger partial charge in [0.15, 0.2) is 0 Å². The Hall–Kier alpha value is -2.87. The maximum Gasteiger partial charge on any atom is 0.244 e. The minimum Gasteiger partial charge on any atom is -0.352 e. The first-order valence-corrected chi connectivity index (χ1v) is 13.7. The Morgan fingerprint density at radius 3 is 2.24 bits per heavy atom. The fourth-order valence-corrected chi connectivity index (χ4v) is 5.14. The van der Waals surface area contributed by atoms with Crippen molar-refractivity contribution < 1.29 is 18.0 Å². The number of nitrogens with one attached hydrogen (secondary N) is 1. The monoisotopic (exact) mass is 485 g/mol. The van der Waals surface area contributed by atoms with E-state index in [-0.39, 0.29) is 18.5 Å². The van der Waals surface area contributed by atoms with E-state index < -0.39 is 22.0 Å². The van der Waals surface area contributed by atoms with Gasteiger partial charge in [-0.1, -0.05) is 60.9 Å². The molecular weight excluding hydrogens is 450 g/mol. The smallest absolute Gasteiger partial charge is 0.244 e. The van der Waals surface area contributed by atoms with Crippen LogP contribution in [-0.2, 0) is 26.0 Å². The average molecular weight is 486 g/mol. The average Bonchev–Trinajstić information content (AvgIpc) is 3.31. The van der Waals surface area contributed by atoms with Crippen molar-refractivity contribution in [3.05, 3.63) is 65.7 Å². The SMILES string of the molecule is Cc1ccc(N(CC(=O)N(CCc2ccccc2)[C@@H](C)C(=O)NC2CCCC2)S(C)(=O)=O)cc1. The summed E-state index contributed by atoms with van der Waals surface area (Å²) in [5.41, 5.74) is 2.46. The van der Waals surface area contributed by atoms with Crippen LogP contribution in [0.4, 0.5) is 5.69 Å². The highest BCUT2D eigenvalue weighted by Crippen LogP contribution is 2.20. The van der Waals surface area contributed by atoms with Gasteiger partial charge in [-0.3, -0.25) is 13.9 Å². The maximum absolute atomic E-state index is 13.5. The van der Waals surface area contributed by atoms with Gasteiger partial charge in [0, 0.05) is 12.6 Å². The molecule has 2 amide bonds. The third-order valence-corrected chi connectivity index (χ3v) is 7.49. The molecule has 0 unspecified atom stereocenters. The van der Waals surface area contributed by atoms with Crippen LogP contribution in [0.25, 0.3) is 0 Å². The molecule has 34 heavy (non-hydrogen) atoms. The number of aryl methyl sites for hydroxylation is 1. The van der Waals surface area contributed by atoms with Crippen molar-refractivity contribution in [1.29, 1.82) is 0 Å². The molecule has 1 aliphatic rings. The zero-order valence-corrected chi connectivity index (χ0v) is 21.1. The Labute approximate surface area is 203 Å². The molecule has 2 aromatic rings. The van der Waals surface area contributed by atoms with Gasteiger partial charge < -0.3 is 10.2 Å². The zero-order chi connectivity index (χ0) is 24.7. The number of anilines is 1. The first kappa shape index (κ1) is 25.7. The van der Waals surface area contributed by atoms with Gasteiger partial charge in [0.05, 0.1) is 11.9 Å². The van der Waals surface area contributed by atoms with Crippen LogP contribution >= 0.6 is 0 Å². The summed E-state index contributed by atoms with van der Waals surface area (Å²) in [5, 5.41) is 3.07. The summed E-state index contributed by atoms with van der Waals surface area (Å²) in [4.78, 5) is 28.0. The number of nitrogens with zero attached hydrogens (tertiary/aromatic N) is 2. The van der Waals surface area contributed by atoms with E-state index in [0.717, 1.165) is 47.4 Å². The van der Waals surface area contributed by atoms with Gasteiger partial charge in [-0.15, -0.1) is 0 Å². The Morgan fingerprint density at radius 2 is 1.65 bits per heavy atom. The summed E-state index contributed by atoms with van der Waals surface area (Å²) in [6.45, 7) is 3.57. The van der Waals surface area contributed by atoms with Gasteiger partial charge in [-0.2, -0.15) is 0 Å². The normalized spacial score (nSPS) is 15.0. The Morgan fingerprint density at radius 1 is 1.03 bits per heavy atom. The second kappa shape index (κ2) is 11.5. The number of sulfonamides is 1. The number of amides is 2. The lowest BCUT2D eigenvalue weighted by atomic mass is 10.1. The van der Waals surface area contributed by atoms with Crippen LogP contribution < -0.4 is 9.62 Å². The third-order valence-electron chi connectivity index (χ3n) is 6.35. The Bertz CT molecular complexity index is 1060. The first-order valence-electron chi connectivity index (χ1n) is 11.8. The van der Waals surface area contributed by atoms with Gasteiger partial charge in [0.1, 0.15) is 12.6 Å². The topological polar surface area (TPSA) is 86.8 Å². The van der Waals surface area contributed by atoms with Crippen molar-refractivity contribution in [3.8, 4) is 0 Å². The number of hydrogen-bond acceptors (Lipinski definition) is 4. The van der Waals surface area contributed by atoms with Crippen LogP contribution in [0, 0.1) is 6.92 Å². The molecule has 184 valence electrons. The molecule has 0 bridgehead atoms. The number of carbonyl (C=O) groups excluding carboxylic acids is 2. The number of hydrogen-bond donors (Lipinski definition) is 1. The summed E-state index contributed by atoms with van der Waals surface area (Å²) in [5.74, 6) is -0.606. The molecule has 3 rings (SSSR count). The Kier molecular flexibility index (Phi) is 8.72. The van der Waals surface area contributed by atoms with Gasteiger partial charge in [0.25, 0.3) is 0 Å². The molecule has 1 saturated carbocycles. The van der Waals surface area contributed by atoms with Crippen LogP contribution in [-0.4, -0.2) is 56.6 Å². The predicted octanol–water partition coefficient (Wildman–Crippen LogP) is 3.28. The van der Waals surface area contributed by atoms with Crippen molar-refractivity contribution >= 4 is 27.5 Å². The molecule has 0 aliphatic heterocycles. The van der Waals surface area contributed by atoms with E-state index in [1.165, 1.54) is 4.90 Å². The molecule has 0 aromatic heterocycles. The second-order valence-electron chi connectivity index (χ2n) is 9.09. The minimum atomic E-state index is -3.71. The van der Waals surface area contributed by atoms with Crippen molar-refractivity contribution in [2.45, 2.75) is 58.0 Å². The van der Waals surface area contributed by atoms with E-state index in [0.29, 0.717) is 18.7 Å². The van der Waals surface area contributed by atoms with Gasteiger partial charge >= 0.3 is 0 Å². The molecule has 8 heteroatoms. The predicted molar refractivity (Wildman–Crippen MR) is 135 cm³/mol. The Balaban J connectivity index is 1.81. The molecule has 7 nitrogen and oxygen atoms in total. The molecule has 1 aliphatic carbocycles. The molecule has 1 atom stereocenters. The second-order valence-corrected chi connectivity index (χ2v) is 11.0. The lowest BCUT2D eigenvalue weighted by Crippen LogP contribution is -2.53. The van der Waals surface area contributed by atoms with Crippen LogP contribution in [0.5, 0.6) is 0 Å². The molecule has 0 radical (unpaired) electrons. The lowest BCUT2D eigenvalue weighted by molar-refractivity contribution is -0.139. The van der Waals surface area contributed by atoms with Crippen molar-refractivity contribution in [1.82, 2.24) is 10.2 Å².